The average Bonchev–Trinajstić information content (AvgIpc) is 2.98. The number of morpholine rings is 1. The number of aromatic nitrogens is 2. The molecule has 0 N–H and O–H groups in total. The highest BCUT2D eigenvalue weighted by molar-refractivity contribution is 6.32. The molecular weight excluding hydrogens is 382 g/mol. The maximum Gasteiger partial charge on any atom is 0.410 e. The van der Waals surface area contributed by atoms with Crippen LogP contribution in [0.15, 0.2) is 6.07 Å². The molecule has 1 aromatic heterocycles. The first-order valence-corrected chi connectivity index (χ1v) is 10.3. The zero-order valence-corrected chi connectivity index (χ0v) is 17.5. The van der Waals surface area contributed by atoms with E-state index in [1.54, 1.807) is 4.90 Å². The Balaban J connectivity index is 1.42. The van der Waals surface area contributed by atoms with E-state index in [1.165, 1.54) is 0 Å². The van der Waals surface area contributed by atoms with E-state index in [-0.39, 0.29) is 18.3 Å². The summed E-state index contributed by atoms with van der Waals surface area (Å²) < 4.78 is 11.4. The topological polar surface area (TPSA) is 71.0 Å². The molecule has 28 heavy (non-hydrogen) atoms. The van der Waals surface area contributed by atoms with Crippen LogP contribution >= 0.6 is 11.6 Å². The van der Waals surface area contributed by atoms with Crippen LogP contribution in [0.5, 0.6) is 0 Å². The van der Waals surface area contributed by atoms with E-state index < -0.39 is 5.60 Å². The van der Waals surface area contributed by atoms with Crippen LogP contribution in [0.3, 0.4) is 0 Å². The van der Waals surface area contributed by atoms with Crippen molar-refractivity contribution in [3.05, 3.63) is 11.2 Å². The molecule has 0 radical (unpaired) electrons. The van der Waals surface area contributed by atoms with Gasteiger partial charge in [-0.2, -0.15) is 0 Å². The Bertz CT molecular complexity index is 721. The second-order valence-electron chi connectivity index (χ2n) is 8.70. The summed E-state index contributed by atoms with van der Waals surface area (Å²) in [4.78, 5) is 18.4. The van der Waals surface area contributed by atoms with Crippen molar-refractivity contribution in [3.8, 4) is 0 Å². The SMILES string of the molecule is CC(C)(C)OC(=O)N1CCN(c2cc(N3CC4CCC(C3)O4)nnc2Cl)CC1. The highest BCUT2D eigenvalue weighted by Gasteiger charge is 2.35. The standard InChI is InChI=1S/C19H28ClN5O3/c1-19(2,3)28-18(26)24-8-6-23(7-9-24)15-10-16(21-22-17(15)20)25-11-13-4-5-14(12-25)27-13/h10,13-14H,4-9,11-12H2,1-3H3. The number of carbonyl (C=O) groups is 1. The molecule has 154 valence electrons. The first kappa shape index (κ1) is 19.5. The Kier molecular flexibility index (Phi) is 5.26. The zero-order chi connectivity index (χ0) is 19.9. The van der Waals surface area contributed by atoms with E-state index in [0.717, 1.165) is 37.4 Å². The monoisotopic (exact) mass is 409 g/mol. The van der Waals surface area contributed by atoms with E-state index in [4.69, 9.17) is 21.1 Å². The predicted octanol–water partition coefficient (Wildman–Crippen LogP) is 2.55. The molecule has 4 heterocycles. The second kappa shape index (κ2) is 7.55. The lowest BCUT2D eigenvalue weighted by Gasteiger charge is -2.37. The lowest BCUT2D eigenvalue weighted by atomic mass is 10.2. The number of anilines is 2. The number of hydrogen-bond acceptors (Lipinski definition) is 7. The van der Waals surface area contributed by atoms with Crippen LogP contribution in [0.25, 0.3) is 0 Å². The van der Waals surface area contributed by atoms with Gasteiger partial charge in [-0.3, -0.25) is 0 Å². The van der Waals surface area contributed by atoms with Gasteiger partial charge in [-0.1, -0.05) is 11.6 Å². The molecule has 0 saturated carbocycles. The van der Waals surface area contributed by atoms with Gasteiger partial charge in [0.1, 0.15) is 5.60 Å². The molecule has 9 heteroatoms. The highest BCUT2D eigenvalue weighted by Crippen LogP contribution is 2.32. The van der Waals surface area contributed by atoms with Crippen LogP contribution in [0.4, 0.5) is 16.3 Å². The first-order chi connectivity index (χ1) is 13.3. The van der Waals surface area contributed by atoms with Crippen molar-refractivity contribution in [2.24, 2.45) is 0 Å². The largest absolute Gasteiger partial charge is 0.444 e. The number of carbonyl (C=O) groups excluding carboxylic acids is 1. The maximum atomic E-state index is 12.3. The molecule has 2 unspecified atom stereocenters. The van der Waals surface area contributed by atoms with E-state index >= 15 is 0 Å². The summed E-state index contributed by atoms with van der Waals surface area (Å²) in [5.74, 6) is 0.842. The third-order valence-electron chi connectivity index (χ3n) is 5.36. The van der Waals surface area contributed by atoms with Gasteiger partial charge in [0.05, 0.1) is 17.9 Å². The van der Waals surface area contributed by atoms with Gasteiger partial charge < -0.3 is 24.2 Å². The minimum Gasteiger partial charge on any atom is -0.444 e. The minimum atomic E-state index is -0.487. The number of amides is 1. The molecule has 0 aliphatic carbocycles. The number of hydrogen-bond donors (Lipinski definition) is 0. The van der Waals surface area contributed by atoms with Crippen molar-refractivity contribution in [2.45, 2.75) is 51.4 Å². The van der Waals surface area contributed by atoms with Gasteiger partial charge in [-0.05, 0) is 33.6 Å². The van der Waals surface area contributed by atoms with Crippen LogP contribution < -0.4 is 9.80 Å². The van der Waals surface area contributed by atoms with E-state index in [0.29, 0.717) is 31.3 Å². The molecule has 1 aromatic rings. The minimum absolute atomic E-state index is 0.268. The van der Waals surface area contributed by atoms with Crippen molar-refractivity contribution < 1.29 is 14.3 Å². The number of nitrogens with zero attached hydrogens (tertiary/aromatic N) is 5. The molecule has 0 spiro atoms. The Labute approximate surface area is 170 Å². The van der Waals surface area contributed by atoms with Crippen molar-refractivity contribution in [2.75, 3.05) is 49.1 Å². The number of halogens is 1. The molecule has 3 aliphatic rings. The summed E-state index contributed by atoms with van der Waals surface area (Å²) in [7, 11) is 0. The van der Waals surface area contributed by atoms with E-state index in [9.17, 15) is 4.79 Å². The van der Waals surface area contributed by atoms with Gasteiger partial charge in [0.15, 0.2) is 11.0 Å². The van der Waals surface area contributed by atoms with Crippen LogP contribution in [0.2, 0.25) is 5.15 Å². The average molecular weight is 410 g/mol. The lowest BCUT2D eigenvalue weighted by Crippen LogP contribution is -2.50. The Morgan fingerprint density at radius 3 is 2.36 bits per heavy atom. The zero-order valence-electron chi connectivity index (χ0n) is 16.7. The van der Waals surface area contributed by atoms with Gasteiger partial charge in [0, 0.05) is 45.3 Å². The molecule has 4 rings (SSSR count). The van der Waals surface area contributed by atoms with Gasteiger partial charge in [0.2, 0.25) is 0 Å². The Morgan fingerprint density at radius 2 is 1.75 bits per heavy atom. The summed E-state index contributed by atoms with van der Waals surface area (Å²) in [6, 6.07) is 2.02. The first-order valence-electron chi connectivity index (χ1n) is 9.95. The summed E-state index contributed by atoms with van der Waals surface area (Å²) in [5, 5.41) is 8.90. The smallest absolute Gasteiger partial charge is 0.410 e. The molecule has 8 nitrogen and oxygen atoms in total. The summed E-state index contributed by atoms with van der Waals surface area (Å²) in [6.45, 7) is 9.86. The fourth-order valence-electron chi connectivity index (χ4n) is 3.99. The van der Waals surface area contributed by atoms with E-state index in [1.807, 2.05) is 26.8 Å². The van der Waals surface area contributed by atoms with Gasteiger partial charge >= 0.3 is 6.09 Å². The number of rotatable bonds is 2. The van der Waals surface area contributed by atoms with Crippen LogP contribution in [-0.2, 0) is 9.47 Å². The highest BCUT2D eigenvalue weighted by atomic mass is 35.5. The predicted molar refractivity (Wildman–Crippen MR) is 107 cm³/mol. The molecular formula is C19H28ClN5O3. The quantitative estimate of drug-likeness (QED) is 0.743. The molecule has 3 aliphatic heterocycles. The van der Waals surface area contributed by atoms with Gasteiger partial charge in [-0.15, -0.1) is 10.2 Å². The summed E-state index contributed by atoms with van der Waals surface area (Å²) >= 11 is 6.36. The number of piperazine rings is 1. The molecule has 3 saturated heterocycles. The van der Waals surface area contributed by atoms with Crippen molar-refractivity contribution in [3.63, 3.8) is 0 Å². The van der Waals surface area contributed by atoms with Crippen LogP contribution in [-0.4, -0.2) is 78.3 Å². The van der Waals surface area contributed by atoms with Gasteiger partial charge in [-0.25, -0.2) is 4.79 Å². The van der Waals surface area contributed by atoms with Crippen molar-refractivity contribution in [1.82, 2.24) is 15.1 Å². The molecule has 0 aromatic carbocycles. The maximum absolute atomic E-state index is 12.3. The van der Waals surface area contributed by atoms with Crippen LogP contribution in [0.1, 0.15) is 33.6 Å². The molecule has 2 atom stereocenters. The normalized spacial score (nSPS) is 25.2. The second-order valence-corrected chi connectivity index (χ2v) is 9.05. The number of ether oxygens (including phenoxy) is 2. The Hall–Kier alpha value is -1.80. The van der Waals surface area contributed by atoms with Crippen molar-refractivity contribution >= 4 is 29.2 Å². The molecule has 2 bridgehead atoms. The summed E-state index contributed by atoms with van der Waals surface area (Å²) in [5.41, 5.74) is 0.383. The lowest BCUT2D eigenvalue weighted by molar-refractivity contribution is 0.0240. The third-order valence-corrected chi connectivity index (χ3v) is 5.63. The Morgan fingerprint density at radius 1 is 1.11 bits per heavy atom. The number of fused-ring (bicyclic) bond motifs is 2. The van der Waals surface area contributed by atoms with Crippen molar-refractivity contribution in [1.29, 1.82) is 0 Å². The molecule has 1 amide bonds. The summed E-state index contributed by atoms with van der Waals surface area (Å²) in [6.07, 6.45) is 2.54. The fourth-order valence-corrected chi connectivity index (χ4v) is 4.20. The van der Waals surface area contributed by atoms with Gasteiger partial charge in [0.25, 0.3) is 0 Å². The van der Waals surface area contributed by atoms with E-state index in [2.05, 4.69) is 20.0 Å². The van der Waals surface area contributed by atoms with Crippen LogP contribution in [0, 0.1) is 0 Å². The molecule has 3 fully saturated rings. The fraction of sp³-hybridized carbons (Fsp3) is 0.737. The third kappa shape index (κ3) is 4.27.